The Morgan fingerprint density at radius 3 is 2.21 bits per heavy atom. The molecular formula is C30H41N7O17P2S2. The molecule has 6 rings (SSSR count). The monoisotopic (exact) mass is 897 g/mol. The summed E-state index contributed by atoms with van der Waals surface area (Å²) in [6.45, 7) is -3.52. The normalized spacial score (nSPS) is 30.3. The summed E-state index contributed by atoms with van der Waals surface area (Å²) in [6.07, 6.45) is -7.94. The first-order valence-corrected chi connectivity index (χ1v) is 23.7. The second-order valence-electron chi connectivity index (χ2n) is 13.1. The van der Waals surface area contributed by atoms with Gasteiger partial charge in [0.25, 0.3) is 5.56 Å². The Kier molecular flexibility index (Phi) is 14.3. The van der Waals surface area contributed by atoms with Crippen LogP contribution in [0, 0.1) is 0 Å². The fourth-order valence-electron chi connectivity index (χ4n) is 5.87. The largest absolute Gasteiger partial charge is 0.509 e. The summed E-state index contributed by atoms with van der Waals surface area (Å²) in [5.41, 5.74) is 4.93. The Labute approximate surface area is 336 Å². The van der Waals surface area contributed by atoms with E-state index in [1.165, 1.54) is 24.3 Å². The molecule has 0 spiro atoms. The van der Waals surface area contributed by atoms with Gasteiger partial charge in [-0.1, -0.05) is 0 Å². The van der Waals surface area contributed by atoms with Gasteiger partial charge in [-0.25, -0.2) is 38.5 Å². The number of carbonyl (C=O) groups excluding carboxylic acids is 2. The van der Waals surface area contributed by atoms with Gasteiger partial charge in [-0.2, -0.15) is 0 Å². The van der Waals surface area contributed by atoms with Crippen LogP contribution in [0.5, 0.6) is 0 Å². The number of nitrogen functional groups attached to an aromatic ring is 1. The molecule has 3 unspecified atom stereocenters. The van der Waals surface area contributed by atoms with E-state index in [2.05, 4.69) is 19.9 Å². The van der Waals surface area contributed by atoms with Gasteiger partial charge >= 0.3 is 31.6 Å². The first kappa shape index (κ1) is 44.0. The molecule has 0 aliphatic carbocycles. The summed E-state index contributed by atoms with van der Waals surface area (Å²) < 4.78 is 94.8. The lowest BCUT2D eigenvalue weighted by atomic mass is 10.1. The molecular weight excluding hydrogens is 856 g/mol. The number of rotatable bonds is 11. The van der Waals surface area contributed by atoms with Gasteiger partial charge < -0.3 is 38.9 Å². The van der Waals surface area contributed by atoms with Gasteiger partial charge in [0.1, 0.15) is 36.3 Å². The smallest absolute Gasteiger partial charge is 0.432 e. The Morgan fingerprint density at radius 1 is 0.914 bits per heavy atom. The third kappa shape index (κ3) is 10.6. The number of nitrogens with zero attached hydrogens (tertiary/aromatic N) is 5. The topological polar surface area (TPSA) is 294 Å². The van der Waals surface area contributed by atoms with Crippen molar-refractivity contribution in [1.82, 2.24) is 29.1 Å². The van der Waals surface area contributed by atoms with Gasteiger partial charge in [-0.15, -0.1) is 0 Å². The lowest BCUT2D eigenvalue weighted by molar-refractivity contribution is -0.0632. The van der Waals surface area contributed by atoms with Crippen LogP contribution in [0.3, 0.4) is 0 Å². The van der Waals surface area contributed by atoms with Gasteiger partial charge in [0.15, 0.2) is 35.8 Å². The molecule has 3 aromatic heterocycles. The molecule has 24 nitrogen and oxygen atoms in total. The highest BCUT2D eigenvalue weighted by molar-refractivity contribution is 8.55. The number of ether oxygens (including phenoxy) is 7. The molecule has 3 fully saturated rings. The number of aromatic amines is 1. The third-order valence-electron chi connectivity index (χ3n) is 8.26. The van der Waals surface area contributed by atoms with Crippen molar-refractivity contribution in [1.29, 1.82) is 0 Å². The number of nitrogens with one attached hydrogen (secondary N) is 1. The van der Waals surface area contributed by atoms with E-state index in [1.807, 2.05) is 0 Å². The summed E-state index contributed by atoms with van der Waals surface area (Å²) in [5, 5.41) is 0. The zero-order chi connectivity index (χ0) is 41.8. The molecule has 58 heavy (non-hydrogen) atoms. The SMILES string of the molecule is CO[C@@H]1C2OP(=O)(SCOC(=O)OC(C)C)OC[C@@H]3C[C@@H](OP(=O)(SCOC(=O)OC(C)C)OC[C@H]2O[C@H]1n1ccc(=O)[nH]c1=O)[C@H](n1cnc2c(N)ncnc21)O3. The number of hydrogen-bond donors (Lipinski definition) is 2. The molecule has 0 amide bonds. The van der Waals surface area contributed by atoms with Crippen molar-refractivity contribution < 1.29 is 70.0 Å². The van der Waals surface area contributed by atoms with Crippen molar-refractivity contribution in [2.24, 2.45) is 0 Å². The maximum Gasteiger partial charge on any atom is 0.509 e. The molecule has 2 bridgehead atoms. The van der Waals surface area contributed by atoms with Crippen molar-refractivity contribution in [2.45, 2.75) is 89.3 Å². The number of fused-ring (bicyclic) bond motifs is 4. The minimum absolute atomic E-state index is 0.0435. The zero-order valence-electron chi connectivity index (χ0n) is 31.5. The molecule has 0 saturated carbocycles. The van der Waals surface area contributed by atoms with Gasteiger partial charge in [0.2, 0.25) is 0 Å². The van der Waals surface area contributed by atoms with Gasteiger partial charge in [-0.3, -0.25) is 37.0 Å². The minimum atomic E-state index is -4.46. The van der Waals surface area contributed by atoms with E-state index >= 15 is 0 Å². The van der Waals surface area contributed by atoms with Crippen LogP contribution in [-0.2, 0) is 60.4 Å². The predicted molar refractivity (Wildman–Crippen MR) is 201 cm³/mol. The summed E-state index contributed by atoms with van der Waals surface area (Å²) in [6, 6.07) is 1.07. The second-order valence-corrected chi connectivity index (χ2v) is 21.0. The van der Waals surface area contributed by atoms with E-state index in [1.54, 1.807) is 27.7 Å². The van der Waals surface area contributed by atoms with E-state index in [9.17, 15) is 28.3 Å². The van der Waals surface area contributed by atoms with Crippen LogP contribution in [0.4, 0.5) is 15.4 Å². The van der Waals surface area contributed by atoms with Gasteiger partial charge in [0, 0.05) is 48.6 Å². The van der Waals surface area contributed by atoms with Crippen LogP contribution in [0.2, 0.25) is 0 Å². The maximum atomic E-state index is 14.8. The molecule has 9 atom stereocenters. The standard InChI is InChI=1S/C30H41N7O17P2S2/c1-15(2)49-29(40)45-13-57-55(42)48-10-19-22(23(44-5)27(52-19)36-7-6-20(38)35-28(36)39)54-56(43,58-14-46-30(41)50-16(3)4)47-9-17-8-18(53-55)26(51-17)37-12-34-21-24(31)32-11-33-25(21)37/h6-7,11-12,15-19,22-23,26-27H,8-10,13-14H2,1-5H3,(H2,31,32,33)(H,35,38,39)/t17-,18+,19+,22?,23+,26+,27+,55?,56?/m0/s1. The Balaban J connectivity index is 1.36. The molecule has 3 aromatic rings. The molecule has 320 valence electrons. The summed E-state index contributed by atoms with van der Waals surface area (Å²) >= 11 is 0.991. The van der Waals surface area contributed by atoms with Crippen molar-refractivity contribution in [3.05, 3.63) is 45.8 Å². The molecule has 6 heterocycles. The Bertz CT molecular complexity index is 2160. The number of carbonyl (C=O) groups is 2. The highest BCUT2D eigenvalue weighted by Gasteiger charge is 2.53. The molecule has 0 radical (unpaired) electrons. The summed E-state index contributed by atoms with van der Waals surface area (Å²) in [7, 11) is 1.26. The average molecular weight is 898 g/mol. The van der Waals surface area contributed by atoms with E-state index in [0.717, 1.165) is 16.8 Å². The van der Waals surface area contributed by atoms with Crippen molar-refractivity contribution in [3.63, 3.8) is 0 Å². The van der Waals surface area contributed by atoms with Crippen LogP contribution in [0.25, 0.3) is 11.2 Å². The molecule has 3 aliphatic rings. The number of aromatic nitrogens is 6. The maximum absolute atomic E-state index is 14.8. The van der Waals surface area contributed by atoms with Crippen LogP contribution < -0.4 is 17.0 Å². The Morgan fingerprint density at radius 2 is 1.57 bits per heavy atom. The van der Waals surface area contributed by atoms with Crippen LogP contribution in [0.1, 0.15) is 46.6 Å². The first-order chi connectivity index (χ1) is 27.6. The van der Waals surface area contributed by atoms with E-state index in [4.69, 9.17) is 57.0 Å². The third-order valence-corrected chi connectivity index (χ3v) is 15.0. The highest BCUT2D eigenvalue weighted by atomic mass is 32.7. The molecule has 3 N–H and O–H groups in total. The number of anilines is 1. The number of H-pyrrole nitrogens is 1. The quantitative estimate of drug-likeness (QED) is 0.157. The second kappa shape index (κ2) is 18.8. The molecule has 3 saturated heterocycles. The number of methoxy groups -OCH3 is 1. The lowest BCUT2D eigenvalue weighted by Gasteiger charge is -2.29. The molecule has 3 aliphatic heterocycles. The van der Waals surface area contributed by atoms with Crippen LogP contribution >= 0.6 is 36.4 Å². The fourth-order valence-corrected chi connectivity index (χ4v) is 11.5. The van der Waals surface area contributed by atoms with E-state index < -0.39 is 117 Å². The van der Waals surface area contributed by atoms with Crippen molar-refractivity contribution in [2.75, 3.05) is 37.9 Å². The van der Waals surface area contributed by atoms with Crippen molar-refractivity contribution >= 4 is 65.7 Å². The molecule has 28 heteroatoms. The predicted octanol–water partition coefficient (Wildman–Crippen LogP) is 3.70. The summed E-state index contributed by atoms with van der Waals surface area (Å²) in [5.74, 6) is -1.04. The zero-order valence-corrected chi connectivity index (χ0v) is 34.9. The highest BCUT2D eigenvalue weighted by Crippen LogP contribution is 2.66. The minimum Gasteiger partial charge on any atom is -0.432 e. The van der Waals surface area contributed by atoms with E-state index in [0.29, 0.717) is 22.8 Å². The fraction of sp³-hybridized carbons (Fsp3) is 0.633. The van der Waals surface area contributed by atoms with Crippen LogP contribution in [-0.4, -0.2) is 116 Å². The number of imidazole rings is 1. The van der Waals surface area contributed by atoms with Crippen molar-refractivity contribution in [3.8, 4) is 0 Å². The van der Waals surface area contributed by atoms with E-state index in [-0.39, 0.29) is 23.4 Å². The average Bonchev–Trinajstić information content (AvgIpc) is 3.84. The lowest BCUT2D eigenvalue weighted by Crippen LogP contribution is -2.40. The van der Waals surface area contributed by atoms with Gasteiger partial charge in [0.05, 0.1) is 37.9 Å². The molecule has 0 aromatic carbocycles. The number of hydrogen-bond acceptors (Lipinski definition) is 23. The number of nitrogens with two attached hydrogens (primary N) is 1. The summed E-state index contributed by atoms with van der Waals surface area (Å²) in [4.78, 5) is 63.9. The van der Waals surface area contributed by atoms with Gasteiger partial charge in [-0.05, 0) is 27.7 Å². The van der Waals surface area contributed by atoms with Crippen LogP contribution in [0.15, 0.2) is 34.5 Å². The first-order valence-electron chi connectivity index (χ1n) is 17.5. The Hall–Kier alpha value is -3.55.